The van der Waals surface area contributed by atoms with Crippen LogP contribution in [0.4, 0.5) is 0 Å². The molecule has 1 N–H and O–H groups in total. The van der Waals surface area contributed by atoms with E-state index in [9.17, 15) is 9.90 Å². The molecule has 0 amide bonds. The quantitative estimate of drug-likeness (QED) is 0.880. The van der Waals surface area contributed by atoms with Gasteiger partial charge in [-0.25, -0.2) is 4.79 Å². The molecule has 104 valence electrons. The third-order valence-corrected chi connectivity index (χ3v) is 3.56. The van der Waals surface area contributed by atoms with Crippen molar-refractivity contribution in [2.24, 2.45) is 4.99 Å². The summed E-state index contributed by atoms with van der Waals surface area (Å²) >= 11 is 0. The van der Waals surface area contributed by atoms with Gasteiger partial charge >= 0.3 is 5.97 Å². The lowest BCUT2D eigenvalue weighted by Crippen LogP contribution is -2.36. The van der Waals surface area contributed by atoms with E-state index in [4.69, 9.17) is 4.74 Å². The largest absolute Gasteiger partial charge is 0.477 e. The first-order valence-corrected chi connectivity index (χ1v) is 6.66. The molecular formula is C15H16N2O3. The van der Waals surface area contributed by atoms with Crippen LogP contribution in [-0.2, 0) is 9.53 Å². The number of rotatable bonds is 2. The topological polar surface area (TPSA) is 62.1 Å². The third kappa shape index (κ3) is 2.44. The second-order valence-corrected chi connectivity index (χ2v) is 4.79. The van der Waals surface area contributed by atoms with Gasteiger partial charge in [-0.2, -0.15) is 0 Å². The fourth-order valence-corrected chi connectivity index (χ4v) is 2.53. The Labute approximate surface area is 117 Å². The molecule has 2 aliphatic heterocycles. The maximum absolute atomic E-state index is 11.4. The number of carboxylic acids is 1. The molecule has 0 aromatic heterocycles. The van der Waals surface area contributed by atoms with Gasteiger partial charge < -0.3 is 14.7 Å². The second kappa shape index (κ2) is 5.46. The van der Waals surface area contributed by atoms with E-state index in [1.807, 2.05) is 24.3 Å². The molecule has 2 aliphatic rings. The number of carbonyl (C=O) groups is 1. The first-order valence-electron chi connectivity index (χ1n) is 6.66. The summed E-state index contributed by atoms with van der Waals surface area (Å²) in [7, 11) is 0. The molecule has 20 heavy (non-hydrogen) atoms. The maximum atomic E-state index is 11.4. The van der Waals surface area contributed by atoms with Gasteiger partial charge in [-0.05, 0) is 11.6 Å². The highest BCUT2D eigenvalue weighted by Gasteiger charge is 2.21. The fourth-order valence-electron chi connectivity index (χ4n) is 2.53. The molecule has 0 bridgehead atoms. The summed E-state index contributed by atoms with van der Waals surface area (Å²) in [5, 5.41) is 9.32. The van der Waals surface area contributed by atoms with Gasteiger partial charge in [0.2, 0.25) is 0 Å². The van der Waals surface area contributed by atoms with Gasteiger partial charge in [0.05, 0.1) is 19.8 Å². The van der Waals surface area contributed by atoms with Crippen LogP contribution in [0.1, 0.15) is 11.1 Å². The number of nitrogens with zero attached hydrogens (tertiary/aromatic N) is 2. The molecule has 0 spiro atoms. The minimum atomic E-state index is -0.978. The fraction of sp³-hybridized carbons (Fsp3) is 0.333. The summed E-state index contributed by atoms with van der Waals surface area (Å²) in [6, 6.07) is 7.49. The van der Waals surface area contributed by atoms with Gasteiger partial charge in [-0.3, -0.25) is 4.99 Å². The molecule has 0 aliphatic carbocycles. The Kier molecular flexibility index (Phi) is 3.52. The number of hydrogen-bond acceptors (Lipinski definition) is 4. The van der Waals surface area contributed by atoms with E-state index in [0.29, 0.717) is 25.3 Å². The number of morpholine rings is 1. The Morgan fingerprint density at radius 2 is 2.00 bits per heavy atom. The minimum Gasteiger partial charge on any atom is -0.477 e. The Morgan fingerprint density at radius 3 is 2.75 bits per heavy atom. The van der Waals surface area contributed by atoms with Crippen LogP contribution in [-0.4, -0.2) is 54.5 Å². The molecular weight excluding hydrogens is 256 g/mol. The molecule has 1 aromatic rings. The van der Waals surface area contributed by atoms with E-state index in [0.717, 1.165) is 24.4 Å². The van der Waals surface area contributed by atoms with Gasteiger partial charge in [0.25, 0.3) is 0 Å². The molecule has 5 heteroatoms. The Balaban J connectivity index is 2.00. The van der Waals surface area contributed by atoms with E-state index in [2.05, 4.69) is 9.89 Å². The monoisotopic (exact) mass is 272 g/mol. The number of aliphatic imine (C=N–C) groups is 1. The zero-order valence-electron chi connectivity index (χ0n) is 11.1. The van der Waals surface area contributed by atoms with Gasteiger partial charge in [-0.15, -0.1) is 0 Å². The zero-order valence-corrected chi connectivity index (χ0v) is 11.1. The smallest absolute Gasteiger partial charge is 0.354 e. The van der Waals surface area contributed by atoms with E-state index in [1.54, 1.807) is 6.07 Å². The first-order chi connectivity index (χ1) is 9.75. The maximum Gasteiger partial charge on any atom is 0.354 e. The lowest BCUT2D eigenvalue weighted by atomic mass is 10.0. The Hall–Kier alpha value is -2.14. The molecule has 2 heterocycles. The van der Waals surface area contributed by atoms with E-state index >= 15 is 0 Å². The van der Waals surface area contributed by atoms with Gasteiger partial charge in [0, 0.05) is 24.4 Å². The number of ether oxygens (including phenoxy) is 1. The first kappa shape index (κ1) is 12.9. The average molecular weight is 272 g/mol. The number of carboxylic acid groups (broad SMARTS) is 1. The predicted molar refractivity (Wildman–Crippen MR) is 75.9 cm³/mol. The normalized spacial score (nSPS) is 18.7. The van der Waals surface area contributed by atoms with Crippen molar-refractivity contribution >= 4 is 17.8 Å². The molecule has 1 saturated heterocycles. The van der Waals surface area contributed by atoms with Gasteiger partial charge in [0.1, 0.15) is 0 Å². The summed E-state index contributed by atoms with van der Waals surface area (Å²) < 4.78 is 5.35. The van der Waals surface area contributed by atoms with Crippen molar-refractivity contribution < 1.29 is 14.6 Å². The van der Waals surface area contributed by atoms with E-state index in [-0.39, 0.29) is 5.71 Å². The van der Waals surface area contributed by atoms with Crippen molar-refractivity contribution in [3.63, 3.8) is 0 Å². The number of hydrogen-bond donors (Lipinski definition) is 1. The average Bonchev–Trinajstić information content (AvgIpc) is 2.67. The third-order valence-electron chi connectivity index (χ3n) is 3.56. The standard InChI is InChI=1S/C15H16N2O3/c18-15(19)14-13-4-2-1-3-11(13)9-12(10-16-14)17-5-7-20-8-6-17/h1-4,9H,5-8,10H2,(H,18,19). The van der Waals surface area contributed by atoms with Crippen molar-refractivity contribution in [1.82, 2.24) is 4.90 Å². The number of fused-ring (bicyclic) bond motifs is 1. The van der Waals surface area contributed by atoms with E-state index < -0.39 is 5.97 Å². The van der Waals surface area contributed by atoms with Crippen LogP contribution >= 0.6 is 0 Å². The van der Waals surface area contributed by atoms with Crippen molar-refractivity contribution in [1.29, 1.82) is 0 Å². The molecule has 0 radical (unpaired) electrons. The molecule has 0 saturated carbocycles. The van der Waals surface area contributed by atoms with Crippen molar-refractivity contribution in [3.05, 3.63) is 41.1 Å². The molecule has 3 rings (SSSR count). The van der Waals surface area contributed by atoms with Crippen LogP contribution in [0.3, 0.4) is 0 Å². The second-order valence-electron chi connectivity index (χ2n) is 4.79. The summed E-state index contributed by atoms with van der Waals surface area (Å²) in [5.74, 6) is -0.978. The predicted octanol–water partition coefficient (Wildman–Crippen LogP) is 1.25. The molecule has 0 unspecified atom stereocenters. The SMILES string of the molecule is O=C(O)C1=NCC(N2CCOCC2)=Cc2ccccc21. The highest BCUT2D eigenvalue weighted by molar-refractivity contribution is 6.43. The number of benzene rings is 1. The van der Waals surface area contributed by atoms with Gasteiger partial charge in [0.15, 0.2) is 5.71 Å². The summed E-state index contributed by atoms with van der Waals surface area (Å²) in [5.41, 5.74) is 2.79. The Bertz CT molecular complexity index is 587. The summed E-state index contributed by atoms with van der Waals surface area (Å²) in [6.07, 6.45) is 2.04. The van der Waals surface area contributed by atoms with Crippen molar-refractivity contribution in [2.75, 3.05) is 32.8 Å². The molecule has 5 nitrogen and oxygen atoms in total. The number of aliphatic carboxylic acids is 1. The Morgan fingerprint density at radius 1 is 1.25 bits per heavy atom. The minimum absolute atomic E-state index is 0.139. The molecule has 1 fully saturated rings. The van der Waals surface area contributed by atoms with Crippen molar-refractivity contribution in [3.8, 4) is 0 Å². The van der Waals surface area contributed by atoms with E-state index in [1.165, 1.54) is 0 Å². The van der Waals surface area contributed by atoms with Crippen LogP contribution in [0.2, 0.25) is 0 Å². The van der Waals surface area contributed by atoms with Crippen LogP contribution in [0, 0.1) is 0 Å². The molecule has 0 atom stereocenters. The highest BCUT2D eigenvalue weighted by Crippen LogP contribution is 2.21. The highest BCUT2D eigenvalue weighted by atomic mass is 16.5. The summed E-state index contributed by atoms with van der Waals surface area (Å²) in [4.78, 5) is 17.9. The van der Waals surface area contributed by atoms with Crippen molar-refractivity contribution in [2.45, 2.75) is 0 Å². The zero-order chi connectivity index (χ0) is 13.9. The lowest BCUT2D eigenvalue weighted by Gasteiger charge is -2.30. The summed E-state index contributed by atoms with van der Waals surface area (Å²) in [6.45, 7) is 3.46. The lowest BCUT2D eigenvalue weighted by molar-refractivity contribution is -0.129. The molecule has 1 aromatic carbocycles. The van der Waals surface area contributed by atoms with Crippen LogP contribution in [0.25, 0.3) is 6.08 Å². The van der Waals surface area contributed by atoms with Crippen LogP contribution < -0.4 is 0 Å². The van der Waals surface area contributed by atoms with Crippen LogP contribution in [0.5, 0.6) is 0 Å². The van der Waals surface area contributed by atoms with Crippen LogP contribution in [0.15, 0.2) is 35.0 Å². The van der Waals surface area contributed by atoms with Gasteiger partial charge in [-0.1, -0.05) is 24.3 Å².